The number of aliphatic carboxylic acids is 1. The SMILES string of the molecule is CN(CC(=O)N1CCCC(C(=O)O)C1)C(=O)c1ccc2c(c1)OCC(=O)N2. The number of anilines is 1. The summed E-state index contributed by atoms with van der Waals surface area (Å²) in [4.78, 5) is 50.3. The molecule has 3 rings (SSSR count). The van der Waals surface area contributed by atoms with Crippen LogP contribution in [0.1, 0.15) is 23.2 Å². The fraction of sp³-hybridized carbons (Fsp3) is 0.444. The smallest absolute Gasteiger partial charge is 0.308 e. The van der Waals surface area contributed by atoms with E-state index in [1.165, 1.54) is 22.9 Å². The second-order valence-corrected chi connectivity index (χ2v) is 6.73. The molecule has 2 aliphatic rings. The van der Waals surface area contributed by atoms with Gasteiger partial charge in [0.1, 0.15) is 5.75 Å². The molecule has 0 saturated carbocycles. The van der Waals surface area contributed by atoms with Gasteiger partial charge in [0.2, 0.25) is 5.91 Å². The zero-order chi connectivity index (χ0) is 19.6. The van der Waals surface area contributed by atoms with E-state index < -0.39 is 11.9 Å². The Labute approximate surface area is 155 Å². The fourth-order valence-electron chi connectivity index (χ4n) is 3.21. The predicted molar refractivity (Wildman–Crippen MR) is 94.5 cm³/mol. The summed E-state index contributed by atoms with van der Waals surface area (Å²) in [5.41, 5.74) is 0.830. The number of carboxylic acids is 1. The van der Waals surface area contributed by atoms with Crippen LogP contribution in [0.5, 0.6) is 5.75 Å². The van der Waals surface area contributed by atoms with Crippen molar-refractivity contribution < 1.29 is 29.0 Å². The molecule has 0 radical (unpaired) electrons. The van der Waals surface area contributed by atoms with E-state index in [9.17, 15) is 19.2 Å². The van der Waals surface area contributed by atoms with Crippen LogP contribution in [0.25, 0.3) is 0 Å². The van der Waals surface area contributed by atoms with Gasteiger partial charge >= 0.3 is 5.97 Å². The number of hydrogen-bond donors (Lipinski definition) is 2. The lowest BCUT2D eigenvalue weighted by Crippen LogP contribution is -2.46. The number of rotatable bonds is 4. The summed E-state index contributed by atoms with van der Waals surface area (Å²) in [6.45, 7) is 0.415. The number of ether oxygens (including phenoxy) is 1. The second-order valence-electron chi connectivity index (χ2n) is 6.73. The largest absolute Gasteiger partial charge is 0.482 e. The minimum absolute atomic E-state index is 0.112. The topological polar surface area (TPSA) is 116 Å². The number of fused-ring (bicyclic) bond motifs is 1. The van der Waals surface area contributed by atoms with Crippen LogP contribution in [-0.4, -0.2) is 71.9 Å². The standard InChI is InChI=1S/C18H21N3O6/c1-20(9-16(23)21-6-2-3-12(8-21)18(25)26)17(24)11-4-5-13-14(7-11)27-10-15(22)19-13/h4-5,7,12H,2-3,6,8-10H2,1H3,(H,19,22)(H,25,26). The molecule has 2 aliphatic heterocycles. The Kier molecular flexibility index (Phi) is 5.29. The van der Waals surface area contributed by atoms with E-state index in [0.717, 1.165) is 0 Å². The van der Waals surface area contributed by atoms with Gasteiger partial charge in [0.15, 0.2) is 6.61 Å². The number of amides is 3. The van der Waals surface area contributed by atoms with Crippen LogP contribution in [0, 0.1) is 5.92 Å². The van der Waals surface area contributed by atoms with E-state index in [2.05, 4.69) is 5.32 Å². The van der Waals surface area contributed by atoms with Crippen LogP contribution >= 0.6 is 0 Å². The second kappa shape index (κ2) is 7.65. The molecule has 1 aromatic carbocycles. The number of carbonyl (C=O) groups excluding carboxylic acids is 3. The molecule has 1 aromatic rings. The van der Waals surface area contributed by atoms with E-state index in [1.54, 1.807) is 12.1 Å². The molecule has 3 amide bonds. The van der Waals surface area contributed by atoms with Gasteiger partial charge in [-0.2, -0.15) is 0 Å². The highest BCUT2D eigenvalue weighted by molar-refractivity contribution is 5.99. The lowest BCUT2D eigenvalue weighted by molar-refractivity contribution is -0.145. The first kappa shape index (κ1) is 18.7. The van der Waals surface area contributed by atoms with Crippen molar-refractivity contribution in [2.24, 2.45) is 5.92 Å². The van der Waals surface area contributed by atoms with Crippen LogP contribution in [0.15, 0.2) is 18.2 Å². The van der Waals surface area contributed by atoms with Crippen LogP contribution in [-0.2, 0) is 14.4 Å². The maximum absolute atomic E-state index is 12.6. The van der Waals surface area contributed by atoms with E-state index in [0.29, 0.717) is 36.4 Å². The Hall–Kier alpha value is -3.10. The van der Waals surface area contributed by atoms with Gasteiger partial charge in [0, 0.05) is 25.7 Å². The number of nitrogens with one attached hydrogen (secondary N) is 1. The number of carboxylic acid groups (broad SMARTS) is 1. The third-order valence-electron chi connectivity index (χ3n) is 4.70. The maximum atomic E-state index is 12.6. The number of likely N-dealkylation sites (N-methyl/N-ethyl adjacent to an activating group) is 1. The number of hydrogen-bond acceptors (Lipinski definition) is 5. The minimum Gasteiger partial charge on any atom is -0.482 e. The molecule has 0 spiro atoms. The molecule has 27 heavy (non-hydrogen) atoms. The van der Waals surface area contributed by atoms with Crippen molar-refractivity contribution in [3.63, 3.8) is 0 Å². The Morgan fingerprint density at radius 2 is 2.15 bits per heavy atom. The van der Waals surface area contributed by atoms with E-state index in [1.807, 2.05) is 0 Å². The van der Waals surface area contributed by atoms with Gasteiger partial charge in [0.05, 0.1) is 18.2 Å². The summed E-state index contributed by atoms with van der Waals surface area (Å²) >= 11 is 0. The van der Waals surface area contributed by atoms with E-state index >= 15 is 0 Å². The van der Waals surface area contributed by atoms with Crippen LogP contribution in [0.3, 0.4) is 0 Å². The zero-order valence-corrected chi connectivity index (χ0v) is 14.9. The average Bonchev–Trinajstić information content (AvgIpc) is 2.66. The lowest BCUT2D eigenvalue weighted by Gasteiger charge is -2.32. The summed E-state index contributed by atoms with van der Waals surface area (Å²) in [5, 5.41) is 11.8. The van der Waals surface area contributed by atoms with Crippen molar-refractivity contribution in [3.05, 3.63) is 23.8 Å². The monoisotopic (exact) mass is 375 g/mol. The molecule has 144 valence electrons. The molecular formula is C18H21N3O6. The first-order valence-corrected chi connectivity index (χ1v) is 8.68. The molecule has 2 heterocycles. The normalized spacial score (nSPS) is 18.8. The number of piperidine rings is 1. The van der Waals surface area contributed by atoms with Crippen LogP contribution < -0.4 is 10.1 Å². The molecule has 1 fully saturated rings. The summed E-state index contributed by atoms with van der Waals surface area (Å²) in [6, 6.07) is 4.66. The molecule has 1 unspecified atom stereocenters. The van der Waals surface area contributed by atoms with Crippen molar-refractivity contribution in [1.29, 1.82) is 0 Å². The third-order valence-corrected chi connectivity index (χ3v) is 4.70. The first-order valence-electron chi connectivity index (χ1n) is 8.68. The van der Waals surface area contributed by atoms with Crippen molar-refractivity contribution in [2.75, 3.05) is 38.6 Å². The van der Waals surface area contributed by atoms with E-state index in [4.69, 9.17) is 9.84 Å². The van der Waals surface area contributed by atoms with Gasteiger partial charge < -0.3 is 25.0 Å². The minimum atomic E-state index is -0.905. The predicted octanol–water partition coefficient (Wildman–Crippen LogP) is 0.413. The molecule has 0 aliphatic carbocycles. The highest BCUT2D eigenvalue weighted by atomic mass is 16.5. The van der Waals surface area contributed by atoms with Gasteiger partial charge in [-0.1, -0.05) is 0 Å². The summed E-state index contributed by atoms with van der Waals surface area (Å²) in [7, 11) is 1.51. The highest BCUT2D eigenvalue weighted by Gasteiger charge is 2.29. The third kappa shape index (κ3) is 4.18. The number of nitrogens with zero attached hydrogens (tertiary/aromatic N) is 2. The Bertz CT molecular complexity index is 793. The summed E-state index contributed by atoms with van der Waals surface area (Å²) < 4.78 is 5.30. The maximum Gasteiger partial charge on any atom is 0.308 e. The van der Waals surface area contributed by atoms with Crippen molar-refractivity contribution in [1.82, 2.24) is 9.80 Å². The van der Waals surface area contributed by atoms with Crippen molar-refractivity contribution in [2.45, 2.75) is 12.8 Å². The summed E-state index contributed by atoms with van der Waals surface area (Å²) in [5.74, 6) is -1.96. The molecule has 0 aromatic heterocycles. The van der Waals surface area contributed by atoms with Gasteiger partial charge in [-0.05, 0) is 31.0 Å². The number of benzene rings is 1. The molecule has 9 heteroatoms. The van der Waals surface area contributed by atoms with Gasteiger partial charge in [-0.25, -0.2) is 0 Å². The van der Waals surface area contributed by atoms with Crippen molar-refractivity contribution in [3.8, 4) is 5.75 Å². The Morgan fingerprint density at radius 3 is 2.89 bits per heavy atom. The number of likely N-dealkylation sites (tertiary alicyclic amines) is 1. The van der Waals surface area contributed by atoms with Gasteiger partial charge in [-0.3, -0.25) is 19.2 Å². The lowest BCUT2D eigenvalue weighted by atomic mass is 9.98. The quantitative estimate of drug-likeness (QED) is 0.788. The van der Waals surface area contributed by atoms with Gasteiger partial charge in [0.25, 0.3) is 11.8 Å². The molecule has 9 nitrogen and oxygen atoms in total. The number of carbonyl (C=O) groups is 4. The van der Waals surface area contributed by atoms with Crippen molar-refractivity contribution >= 4 is 29.4 Å². The van der Waals surface area contributed by atoms with Crippen LogP contribution in [0.4, 0.5) is 5.69 Å². The molecule has 2 N–H and O–H groups in total. The zero-order valence-electron chi connectivity index (χ0n) is 14.9. The first-order chi connectivity index (χ1) is 12.8. The Morgan fingerprint density at radius 1 is 1.37 bits per heavy atom. The fourth-order valence-corrected chi connectivity index (χ4v) is 3.21. The Balaban J connectivity index is 1.63. The van der Waals surface area contributed by atoms with Gasteiger partial charge in [-0.15, -0.1) is 0 Å². The molecule has 0 bridgehead atoms. The van der Waals surface area contributed by atoms with E-state index in [-0.39, 0.29) is 37.4 Å². The molecule has 1 atom stereocenters. The molecular weight excluding hydrogens is 354 g/mol. The van der Waals surface area contributed by atoms with Crippen LogP contribution in [0.2, 0.25) is 0 Å². The molecule has 1 saturated heterocycles. The average molecular weight is 375 g/mol. The summed E-state index contributed by atoms with van der Waals surface area (Å²) in [6.07, 6.45) is 1.19. The highest BCUT2D eigenvalue weighted by Crippen LogP contribution is 2.29.